The molecule has 2 N–H and O–H groups in total. The molecular weight excluding hydrogens is 334 g/mol. The Bertz CT molecular complexity index is 530. The molecular formula is C18H29N5OS. The van der Waals surface area contributed by atoms with Crippen LogP contribution in [0.25, 0.3) is 0 Å². The van der Waals surface area contributed by atoms with E-state index in [-0.39, 0.29) is 11.9 Å². The Kier molecular flexibility index (Phi) is 6.95. The SMILES string of the molecule is NC(CCCCN1CCN(c2ccncc2)CC1)C(=O)N1CCSC1. The maximum absolute atomic E-state index is 12.2. The van der Waals surface area contributed by atoms with Crippen molar-refractivity contribution in [3.63, 3.8) is 0 Å². The number of thioether (sulfide) groups is 1. The van der Waals surface area contributed by atoms with Crippen molar-refractivity contribution in [2.75, 3.05) is 55.8 Å². The van der Waals surface area contributed by atoms with Crippen LogP contribution in [0.5, 0.6) is 0 Å². The summed E-state index contributed by atoms with van der Waals surface area (Å²) in [6.45, 7) is 6.28. The van der Waals surface area contributed by atoms with Gasteiger partial charge in [0.15, 0.2) is 0 Å². The van der Waals surface area contributed by atoms with Crippen molar-refractivity contribution < 1.29 is 4.79 Å². The van der Waals surface area contributed by atoms with Crippen LogP contribution >= 0.6 is 11.8 Å². The number of unbranched alkanes of at least 4 members (excludes halogenated alkanes) is 1. The van der Waals surface area contributed by atoms with E-state index in [1.807, 2.05) is 29.1 Å². The van der Waals surface area contributed by atoms with Crippen LogP contribution in [0.1, 0.15) is 19.3 Å². The van der Waals surface area contributed by atoms with Crippen molar-refractivity contribution in [2.24, 2.45) is 5.73 Å². The molecule has 2 fully saturated rings. The summed E-state index contributed by atoms with van der Waals surface area (Å²) in [5.74, 6) is 1.99. The second kappa shape index (κ2) is 9.40. The van der Waals surface area contributed by atoms with E-state index in [2.05, 4.69) is 26.9 Å². The Morgan fingerprint density at radius 3 is 2.60 bits per heavy atom. The Morgan fingerprint density at radius 1 is 1.16 bits per heavy atom. The predicted molar refractivity (Wildman–Crippen MR) is 104 cm³/mol. The molecule has 6 nitrogen and oxygen atoms in total. The molecule has 138 valence electrons. The number of piperazine rings is 1. The van der Waals surface area contributed by atoms with Gasteiger partial charge in [-0.1, -0.05) is 6.42 Å². The summed E-state index contributed by atoms with van der Waals surface area (Å²) in [5.41, 5.74) is 7.34. The van der Waals surface area contributed by atoms with Crippen LogP contribution in [0.3, 0.4) is 0 Å². The molecule has 0 aromatic carbocycles. The summed E-state index contributed by atoms with van der Waals surface area (Å²) in [5, 5.41) is 0. The van der Waals surface area contributed by atoms with E-state index >= 15 is 0 Å². The zero-order valence-electron chi connectivity index (χ0n) is 14.8. The van der Waals surface area contributed by atoms with E-state index in [1.165, 1.54) is 5.69 Å². The summed E-state index contributed by atoms with van der Waals surface area (Å²) < 4.78 is 0. The van der Waals surface area contributed by atoms with Gasteiger partial charge in [0.2, 0.25) is 5.91 Å². The van der Waals surface area contributed by atoms with Crippen LogP contribution in [-0.2, 0) is 4.79 Å². The molecule has 0 spiro atoms. The van der Waals surface area contributed by atoms with Crippen molar-refractivity contribution in [3.8, 4) is 0 Å². The molecule has 3 rings (SSSR count). The van der Waals surface area contributed by atoms with E-state index < -0.39 is 0 Å². The number of pyridine rings is 1. The maximum Gasteiger partial charge on any atom is 0.240 e. The average Bonchev–Trinajstić information content (AvgIpc) is 3.20. The van der Waals surface area contributed by atoms with E-state index in [0.29, 0.717) is 0 Å². The minimum absolute atomic E-state index is 0.135. The highest BCUT2D eigenvalue weighted by molar-refractivity contribution is 7.99. The minimum Gasteiger partial charge on any atom is -0.369 e. The van der Waals surface area contributed by atoms with Crippen molar-refractivity contribution in [1.82, 2.24) is 14.8 Å². The zero-order valence-corrected chi connectivity index (χ0v) is 15.7. The first-order valence-electron chi connectivity index (χ1n) is 9.23. The first-order chi connectivity index (χ1) is 12.2. The molecule has 1 atom stereocenters. The highest BCUT2D eigenvalue weighted by atomic mass is 32.2. The highest BCUT2D eigenvalue weighted by Crippen LogP contribution is 2.16. The monoisotopic (exact) mass is 363 g/mol. The largest absolute Gasteiger partial charge is 0.369 e. The van der Waals surface area contributed by atoms with E-state index in [1.54, 1.807) is 0 Å². The van der Waals surface area contributed by atoms with Crippen LogP contribution in [0.4, 0.5) is 5.69 Å². The lowest BCUT2D eigenvalue weighted by molar-refractivity contribution is -0.131. The average molecular weight is 364 g/mol. The Hall–Kier alpha value is -1.31. The zero-order chi connectivity index (χ0) is 17.5. The second-order valence-electron chi connectivity index (χ2n) is 6.78. The number of rotatable bonds is 7. The minimum atomic E-state index is -0.317. The molecule has 0 bridgehead atoms. The van der Waals surface area contributed by atoms with Gasteiger partial charge in [-0.05, 0) is 31.5 Å². The third-order valence-electron chi connectivity index (χ3n) is 5.02. The first-order valence-corrected chi connectivity index (χ1v) is 10.4. The lowest BCUT2D eigenvalue weighted by Gasteiger charge is -2.36. The molecule has 1 aromatic heterocycles. The number of anilines is 1. The van der Waals surface area contributed by atoms with Gasteiger partial charge in [-0.15, -0.1) is 11.8 Å². The van der Waals surface area contributed by atoms with Gasteiger partial charge >= 0.3 is 0 Å². The molecule has 0 radical (unpaired) electrons. The Balaban J connectivity index is 1.29. The summed E-state index contributed by atoms with van der Waals surface area (Å²) in [7, 11) is 0. The molecule has 25 heavy (non-hydrogen) atoms. The van der Waals surface area contributed by atoms with Crippen LogP contribution < -0.4 is 10.6 Å². The fraction of sp³-hybridized carbons (Fsp3) is 0.667. The second-order valence-corrected chi connectivity index (χ2v) is 7.85. The number of amides is 1. The number of hydrogen-bond donors (Lipinski definition) is 1. The molecule has 1 unspecified atom stereocenters. The normalized spacial score (nSPS) is 20.0. The van der Waals surface area contributed by atoms with Crippen LogP contribution in [0.2, 0.25) is 0 Å². The van der Waals surface area contributed by atoms with Gasteiger partial charge in [0.05, 0.1) is 11.9 Å². The fourth-order valence-corrected chi connectivity index (χ4v) is 4.39. The molecule has 0 aliphatic carbocycles. The molecule has 1 amide bonds. The lowest BCUT2D eigenvalue weighted by Crippen LogP contribution is -2.46. The number of carbonyl (C=O) groups is 1. The van der Waals surface area contributed by atoms with Crippen LogP contribution in [0.15, 0.2) is 24.5 Å². The van der Waals surface area contributed by atoms with Crippen LogP contribution in [-0.4, -0.2) is 77.6 Å². The van der Waals surface area contributed by atoms with Gasteiger partial charge in [0.1, 0.15) is 0 Å². The van der Waals surface area contributed by atoms with E-state index in [9.17, 15) is 4.79 Å². The van der Waals surface area contributed by atoms with Crippen molar-refractivity contribution in [2.45, 2.75) is 25.3 Å². The standard InChI is InChI=1S/C18H29N5OS/c19-17(18(24)23-13-14-25-15-23)3-1-2-8-21-9-11-22(12-10-21)16-4-6-20-7-5-16/h4-7,17H,1-3,8-15,19H2. The Labute approximate surface area is 154 Å². The summed E-state index contributed by atoms with van der Waals surface area (Å²) in [4.78, 5) is 23.1. The predicted octanol–water partition coefficient (Wildman–Crippen LogP) is 1.23. The highest BCUT2D eigenvalue weighted by Gasteiger charge is 2.23. The van der Waals surface area contributed by atoms with Crippen molar-refractivity contribution in [3.05, 3.63) is 24.5 Å². The van der Waals surface area contributed by atoms with E-state index in [4.69, 9.17) is 5.73 Å². The van der Waals surface area contributed by atoms with Crippen molar-refractivity contribution >= 4 is 23.4 Å². The lowest BCUT2D eigenvalue weighted by atomic mass is 10.1. The van der Waals surface area contributed by atoms with Gasteiger partial charge in [-0.3, -0.25) is 14.7 Å². The quantitative estimate of drug-likeness (QED) is 0.735. The molecule has 2 aliphatic rings. The summed E-state index contributed by atoms with van der Waals surface area (Å²) >= 11 is 1.81. The maximum atomic E-state index is 12.2. The Morgan fingerprint density at radius 2 is 1.92 bits per heavy atom. The third-order valence-corrected chi connectivity index (χ3v) is 5.99. The number of aromatic nitrogens is 1. The molecule has 3 heterocycles. The fourth-order valence-electron chi connectivity index (χ4n) is 3.43. The molecule has 1 aromatic rings. The van der Waals surface area contributed by atoms with Gasteiger partial charge < -0.3 is 15.5 Å². The van der Waals surface area contributed by atoms with Gasteiger partial charge in [-0.2, -0.15) is 0 Å². The van der Waals surface area contributed by atoms with Gasteiger partial charge in [0.25, 0.3) is 0 Å². The number of nitrogens with two attached hydrogens (primary N) is 1. The van der Waals surface area contributed by atoms with E-state index in [0.717, 1.165) is 70.2 Å². The first kappa shape index (κ1) is 18.5. The third kappa shape index (κ3) is 5.33. The molecule has 0 saturated carbocycles. The summed E-state index contributed by atoms with van der Waals surface area (Å²) in [6.07, 6.45) is 6.65. The number of carbonyl (C=O) groups excluding carboxylic acids is 1. The smallest absolute Gasteiger partial charge is 0.240 e. The van der Waals surface area contributed by atoms with Gasteiger partial charge in [0, 0.05) is 56.6 Å². The molecule has 2 aliphatic heterocycles. The topological polar surface area (TPSA) is 65.7 Å². The van der Waals surface area contributed by atoms with Gasteiger partial charge in [-0.25, -0.2) is 0 Å². The van der Waals surface area contributed by atoms with Crippen molar-refractivity contribution in [1.29, 1.82) is 0 Å². The van der Waals surface area contributed by atoms with Crippen LogP contribution in [0, 0.1) is 0 Å². The summed E-state index contributed by atoms with van der Waals surface area (Å²) in [6, 6.07) is 3.84. The molecule has 2 saturated heterocycles. The number of hydrogen-bond acceptors (Lipinski definition) is 6. The number of nitrogens with zero attached hydrogens (tertiary/aromatic N) is 4. The molecule has 7 heteroatoms.